The average molecular weight is 365 g/mol. The second-order valence-corrected chi connectivity index (χ2v) is 7.50. The molecule has 6 nitrogen and oxygen atoms in total. The number of nitrogens with one attached hydrogen (secondary N) is 1. The van der Waals surface area contributed by atoms with Crippen LogP contribution >= 0.6 is 11.6 Å². The second-order valence-electron chi connectivity index (χ2n) is 5.28. The van der Waals surface area contributed by atoms with Gasteiger partial charge in [0.1, 0.15) is 10.9 Å². The summed E-state index contributed by atoms with van der Waals surface area (Å²) in [5.41, 5.74) is 0.487. The van der Waals surface area contributed by atoms with Gasteiger partial charge in [0.2, 0.25) is 5.91 Å². The lowest BCUT2D eigenvalue weighted by molar-refractivity contribution is -0.118. The topological polar surface area (TPSA) is 83.6 Å². The van der Waals surface area contributed by atoms with Crippen molar-refractivity contribution >= 4 is 39.1 Å². The fourth-order valence-corrected chi connectivity index (χ4v) is 4.42. The first-order chi connectivity index (χ1) is 11.3. The van der Waals surface area contributed by atoms with Crippen molar-refractivity contribution < 1.29 is 18.0 Å². The first kappa shape index (κ1) is 16.5. The maximum atomic E-state index is 12.6. The number of halogens is 1. The highest BCUT2D eigenvalue weighted by Gasteiger charge is 2.45. The molecule has 1 atom stereocenters. The summed E-state index contributed by atoms with van der Waals surface area (Å²) in [5.74, 6) is -1.33. The Kier molecular flexibility index (Phi) is 4.06. The molecule has 0 fully saturated rings. The molecule has 1 unspecified atom stereocenters. The fraction of sp³-hybridized carbons (Fsp3) is 0.125. The molecule has 2 amide bonds. The molecule has 2 aromatic carbocycles. The maximum Gasteiger partial charge on any atom is 0.269 e. The van der Waals surface area contributed by atoms with Crippen LogP contribution in [-0.2, 0) is 14.8 Å². The van der Waals surface area contributed by atoms with Gasteiger partial charge in [-0.15, -0.1) is 0 Å². The van der Waals surface area contributed by atoms with Crippen LogP contribution in [0.5, 0.6) is 0 Å². The predicted molar refractivity (Wildman–Crippen MR) is 89.3 cm³/mol. The SMILES string of the molecule is CC(C(=O)Nc1cccc(Cl)c1)N1C(=O)c2ccccc2S1(=O)=O. The molecule has 124 valence electrons. The van der Waals surface area contributed by atoms with E-state index in [4.69, 9.17) is 11.6 Å². The molecule has 24 heavy (non-hydrogen) atoms. The summed E-state index contributed by atoms with van der Waals surface area (Å²) in [6, 6.07) is 11.1. The number of rotatable bonds is 3. The number of benzene rings is 2. The van der Waals surface area contributed by atoms with Gasteiger partial charge in [-0.1, -0.05) is 29.8 Å². The van der Waals surface area contributed by atoms with Crippen molar-refractivity contribution in [1.29, 1.82) is 0 Å². The molecule has 0 radical (unpaired) electrons. The Bertz CT molecular complexity index is 943. The van der Waals surface area contributed by atoms with Crippen molar-refractivity contribution in [2.45, 2.75) is 17.9 Å². The van der Waals surface area contributed by atoms with E-state index in [1.807, 2.05) is 0 Å². The summed E-state index contributed by atoms with van der Waals surface area (Å²) in [5, 5.41) is 2.99. The van der Waals surface area contributed by atoms with Gasteiger partial charge in [-0.25, -0.2) is 12.7 Å². The Labute approximate surface area is 144 Å². The highest BCUT2D eigenvalue weighted by atomic mass is 35.5. The highest BCUT2D eigenvalue weighted by molar-refractivity contribution is 7.90. The summed E-state index contributed by atoms with van der Waals surface area (Å²) in [6.07, 6.45) is 0. The smallest absolute Gasteiger partial charge is 0.269 e. The normalized spacial score (nSPS) is 16.6. The Hall–Kier alpha value is -2.38. The van der Waals surface area contributed by atoms with Gasteiger partial charge in [-0.3, -0.25) is 9.59 Å². The van der Waals surface area contributed by atoms with Crippen LogP contribution in [0.15, 0.2) is 53.4 Å². The van der Waals surface area contributed by atoms with Crippen LogP contribution in [0, 0.1) is 0 Å². The van der Waals surface area contributed by atoms with Crippen LogP contribution in [0.2, 0.25) is 5.02 Å². The van der Waals surface area contributed by atoms with Crippen LogP contribution < -0.4 is 5.32 Å². The van der Waals surface area contributed by atoms with Crippen molar-refractivity contribution in [3.63, 3.8) is 0 Å². The van der Waals surface area contributed by atoms with E-state index >= 15 is 0 Å². The number of fused-ring (bicyclic) bond motifs is 1. The Balaban J connectivity index is 1.89. The van der Waals surface area contributed by atoms with Gasteiger partial charge in [-0.05, 0) is 37.3 Å². The number of anilines is 1. The number of nitrogens with zero attached hydrogens (tertiary/aromatic N) is 1. The first-order valence-electron chi connectivity index (χ1n) is 7.06. The number of carbonyl (C=O) groups is 2. The molecule has 0 aromatic heterocycles. The lowest BCUT2D eigenvalue weighted by Gasteiger charge is -2.22. The Morgan fingerprint density at radius 1 is 1.17 bits per heavy atom. The Morgan fingerprint density at radius 3 is 2.54 bits per heavy atom. The van der Waals surface area contributed by atoms with E-state index in [2.05, 4.69) is 5.32 Å². The minimum absolute atomic E-state index is 0.0694. The van der Waals surface area contributed by atoms with E-state index < -0.39 is 27.9 Å². The number of amides is 2. The molecular formula is C16H13ClN2O4S. The number of sulfonamides is 1. The van der Waals surface area contributed by atoms with Crippen LogP contribution in [0.25, 0.3) is 0 Å². The van der Waals surface area contributed by atoms with Crippen molar-refractivity contribution in [1.82, 2.24) is 4.31 Å². The van der Waals surface area contributed by atoms with E-state index in [0.29, 0.717) is 15.0 Å². The lowest BCUT2D eigenvalue weighted by atomic mass is 10.2. The molecule has 1 N–H and O–H groups in total. The zero-order chi connectivity index (χ0) is 17.5. The third kappa shape index (κ3) is 2.65. The molecule has 0 saturated heterocycles. The summed E-state index contributed by atoms with van der Waals surface area (Å²) in [7, 11) is -4.04. The minimum atomic E-state index is -4.04. The molecule has 3 rings (SSSR count). The molecule has 1 heterocycles. The molecule has 0 spiro atoms. The summed E-state index contributed by atoms with van der Waals surface area (Å²) in [6.45, 7) is 1.36. The lowest BCUT2D eigenvalue weighted by Crippen LogP contribution is -2.45. The molecule has 1 aliphatic heterocycles. The average Bonchev–Trinajstić information content (AvgIpc) is 2.74. The van der Waals surface area contributed by atoms with Gasteiger partial charge in [0.15, 0.2) is 0 Å². The van der Waals surface area contributed by atoms with Gasteiger partial charge in [-0.2, -0.15) is 0 Å². The third-order valence-electron chi connectivity index (χ3n) is 3.68. The van der Waals surface area contributed by atoms with Crippen molar-refractivity contribution in [2.24, 2.45) is 0 Å². The number of hydrogen-bond donors (Lipinski definition) is 1. The van der Waals surface area contributed by atoms with Crippen molar-refractivity contribution in [3.05, 3.63) is 59.1 Å². The summed E-state index contributed by atoms with van der Waals surface area (Å²) >= 11 is 5.85. The van der Waals surface area contributed by atoms with Gasteiger partial charge in [0.05, 0.1) is 5.56 Å². The summed E-state index contributed by atoms with van der Waals surface area (Å²) in [4.78, 5) is 24.7. The van der Waals surface area contributed by atoms with E-state index in [0.717, 1.165) is 0 Å². The Morgan fingerprint density at radius 2 is 1.88 bits per heavy atom. The van der Waals surface area contributed by atoms with Gasteiger partial charge < -0.3 is 5.32 Å². The predicted octanol–water partition coefficient (Wildman–Crippen LogP) is 2.51. The largest absolute Gasteiger partial charge is 0.324 e. The van der Waals surface area contributed by atoms with Gasteiger partial charge in [0.25, 0.3) is 15.9 Å². The first-order valence-corrected chi connectivity index (χ1v) is 8.88. The maximum absolute atomic E-state index is 12.6. The third-order valence-corrected chi connectivity index (χ3v) is 5.82. The molecule has 1 aliphatic rings. The highest BCUT2D eigenvalue weighted by Crippen LogP contribution is 2.31. The molecule has 0 saturated carbocycles. The van der Waals surface area contributed by atoms with E-state index in [-0.39, 0.29) is 10.5 Å². The minimum Gasteiger partial charge on any atom is -0.324 e. The zero-order valence-corrected chi connectivity index (χ0v) is 14.1. The zero-order valence-electron chi connectivity index (χ0n) is 12.6. The molecule has 8 heteroatoms. The second kappa shape index (κ2) is 5.92. The fourth-order valence-electron chi connectivity index (χ4n) is 2.51. The van der Waals surface area contributed by atoms with Crippen LogP contribution in [-0.4, -0.2) is 30.6 Å². The molecule has 0 aliphatic carbocycles. The van der Waals surface area contributed by atoms with E-state index in [9.17, 15) is 18.0 Å². The quantitative estimate of drug-likeness (QED) is 0.907. The van der Waals surface area contributed by atoms with Gasteiger partial charge in [0, 0.05) is 10.7 Å². The van der Waals surface area contributed by atoms with E-state index in [1.165, 1.54) is 31.2 Å². The van der Waals surface area contributed by atoms with E-state index in [1.54, 1.807) is 24.3 Å². The monoisotopic (exact) mass is 364 g/mol. The summed E-state index contributed by atoms with van der Waals surface area (Å²) < 4.78 is 25.7. The van der Waals surface area contributed by atoms with Crippen LogP contribution in [0.1, 0.15) is 17.3 Å². The number of carbonyl (C=O) groups excluding carboxylic acids is 2. The van der Waals surface area contributed by atoms with Crippen LogP contribution in [0.3, 0.4) is 0 Å². The standard InChI is InChI=1S/C16H13ClN2O4S/c1-10(15(20)18-12-6-4-5-11(17)9-12)19-16(21)13-7-2-3-8-14(13)24(19,22)23/h2-10H,1H3,(H,18,20). The molecular weight excluding hydrogens is 352 g/mol. The van der Waals surface area contributed by atoms with Crippen molar-refractivity contribution in [2.75, 3.05) is 5.32 Å². The van der Waals surface area contributed by atoms with Crippen molar-refractivity contribution in [3.8, 4) is 0 Å². The molecule has 2 aromatic rings. The molecule has 0 bridgehead atoms. The van der Waals surface area contributed by atoms with Gasteiger partial charge >= 0.3 is 0 Å². The number of hydrogen-bond acceptors (Lipinski definition) is 4. The van der Waals surface area contributed by atoms with Crippen LogP contribution in [0.4, 0.5) is 5.69 Å².